The van der Waals surface area contributed by atoms with Gasteiger partial charge in [-0.2, -0.15) is 5.10 Å². The molecule has 0 aliphatic rings. The van der Waals surface area contributed by atoms with Crippen LogP contribution in [0, 0.1) is 6.92 Å². The fraction of sp³-hybridized carbons (Fsp3) is 0.111. The van der Waals surface area contributed by atoms with Crippen LogP contribution in [-0.4, -0.2) is 14.8 Å². The maximum atomic E-state index is 5.59. The SMILES string of the molecule is Cc1cnn(-c2ccc(N)c(N)n2)c1. The molecule has 5 heteroatoms. The summed E-state index contributed by atoms with van der Waals surface area (Å²) in [6, 6.07) is 3.49. The Morgan fingerprint density at radius 3 is 2.64 bits per heavy atom. The molecule has 0 spiro atoms. The Labute approximate surface area is 81.4 Å². The van der Waals surface area contributed by atoms with Crippen molar-refractivity contribution in [1.82, 2.24) is 14.8 Å². The predicted molar refractivity (Wildman–Crippen MR) is 54.9 cm³/mol. The van der Waals surface area contributed by atoms with E-state index in [0.717, 1.165) is 5.56 Å². The highest BCUT2D eigenvalue weighted by Crippen LogP contribution is 2.13. The number of hydrogen-bond donors (Lipinski definition) is 2. The fourth-order valence-electron chi connectivity index (χ4n) is 1.14. The second kappa shape index (κ2) is 3.02. The van der Waals surface area contributed by atoms with E-state index in [9.17, 15) is 0 Å². The summed E-state index contributed by atoms with van der Waals surface area (Å²) < 4.78 is 1.66. The number of pyridine rings is 1. The molecule has 0 saturated heterocycles. The summed E-state index contributed by atoms with van der Waals surface area (Å²) in [4.78, 5) is 4.11. The maximum Gasteiger partial charge on any atom is 0.155 e. The van der Waals surface area contributed by atoms with Crippen LogP contribution in [0.2, 0.25) is 0 Å². The second-order valence-electron chi connectivity index (χ2n) is 3.11. The zero-order chi connectivity index (χ0) is 10.1. The van der Waals surface area contributed by atoms with E-state index in [2.05, 4.69) is 10.1 Å². The Bertz CT molecular complexity index is 460. The molecule has 0 bridgehead atoms. The van der Waals surface area contributed by atoms with Gasteiger partial charge in [-0.15, -0.1) is 0 Å². The van der Waals surface area contributed by atoms with Gasteiger partial charge in [-0.1, -0.05) is 0 Å². The van der Waals surface area contributed by atoms with Gasteiger partial charge in [0.2, 0.25) is 0 Å². The lowest BCUT2D eigenvalue weighted by atomic mass is 10.4. The molecule has 0 saturated carbocycles. The Hall–Kier alpha value is -2.04. The molecule has 0 radical (unpaired) electrons. The van der Waals surface area contributed by atoms with E-state index in [1.54, 1.807) is 23.0 Å². The van der Waals surface area contributed by atoms with Gasteiger partial charge in [0.15, 0.2) is 5.82 Å². The van der Waals surface area contributed by atoms with E-state index in [-0.39, 0.29) is 0 Å². The Kier molecular flexibility index (Phi) is 1.85. The highest BCUT2D eigenvalue weighted by molar-refractivity contribution is 5.59. The van der Waals surface area contributed by atoms with Crippen molar-refractivity contribution in [3.63, 3.8) is 0 Å². The molecular weight excluding hydrogens is 178 g/mol. The highest BCUT2D eigenvalue weighted by atomic mass is 15.3. The van der Waals surface area contributed by atoms with Gasteiger partial charge in [0, 0.05) is 6.20 Å². The number of nitrogen functional groups attached to an aromatic ring is 2. The lowest BCUT2D eigenvalue weighted by molar-refractivity contribution is 0.849. The lowest BCUT2D eigenvalue weighted by Crippen LogP contribution is -2.03. The number of rotatable bonds is 1. The van der Waals surface area contributed by atoms with Gasteiger partial charge < -0.3 is 11.5 Å². The van der Waals surface area contributed by atoms with Crippen LogP contribution in [0.25, 0.3) is 5.82 Å². The number of nitrogens with two attached hydrogens (primary N) is 2. The molecule has 0 aliphatic carbocycles. The smallest absolute Gasteiger partial charge is 0.155 e. The zero-order valence-corrected chi connectivity index (χ0v) is 7.81. The molecule has 72 valence electrons. The van der Waals surface area contributed by atoms with Crippen molar-refractivity contribution in [2.75, 3.05) is 11.5 Å². The molecule has 0 unspecified atom stereocenters. The molecule has 14 heavy (non-hydrogen) atoms. The minimum Gasteiger partial charge on any atom is -0.396 e. The van der Waals surface area contributed by atoms with Crippen LogP contribution in [0.3, 0.4) is 0 Å². The van der Waals surface area contributed by atoms with Crippen molar-refractivity contribution < 1.29 is 0 Å². The number of anilines is 2. The van der Waals surface area contributed by atoms with Crippen LogP contribution in [0.15, 0.2) is 24.5 Å². The van der Waals surface area contributed by atoms with Gasteiger partial charge in [0.25, 0.3) is 0 Å². The van der Waals surface area contributed by atoms with Crippen LogP contribution in [0.1, 0.15) is 5.56 Å². The first-order valence-electron chi connectivity index (χ1n) is 4.20. The molecule has 4 N–H and O–H groups in total. The Balaban J connectivity index is 2.47. The van der Waals surface area contributed by atoms with Crippen molar-refractivity contribution in [3.8, 4) is 5.82 Å². The van der Waals surface area contributed by atoms with Gasteiger partial charge in [-0.05, 0) is 24.6 Å². The summed E-state index contributed by atoms with van der Waals surface area (Å²) in [6.45, 7) is 1.96. The highest BCUT2D eigenvalue weighted by Gasteiger charge is 2.02. The van der Waals surface area contributed by atoms with Crippen LogP contribution in [0.5, 0.6) is 0 Å². The molecule has 0 atom stereocenters. The second-order valence-corrected chi connectivity index (χ2v) is 3.11. The van der Waals surface area contributed by atoms with E-state index in [4.69, 9.17) is 11.5 Å². The van der Waals surface area contributed by atoms with Crippen molar-refractivity contribution in [2.45, 2.75) is 6.92 Å². The Morgan fingerprint density at radius 1 is 1.29 bits per heavy atom. The fourth-order valence-corrected chi connectivity index (χ4v) is 1.14. The number of nitrogens with zero attached hydrogens (tertiary/aromatic N) is 3. The summed E-state index contributed by atoms with van der Waals surface area (Å²) in [5, 5.41) is 4.11. The third-order valence-electron chi connectivity index (χ3n) is 1.89. The summed E-state index contributed by atoms with van der Waals surface area (Å²) in [5.74, 6) is 1.00. The van der Waals surface area contributed by atoms with Gasteiger partial charge in [-0.3, -0.25) is 0 Å². The molecule has 0 fully saturated rings. The van der Waals surface area contributed by atoms with Crippen LogP contribution in [-0.2, 0) is 0 Å². The average molecular weight is 189 g/mol. The van der Waals surface area contributed by atoms with E-state index >= 15 is 0 Å². The van der Waals surface area contributed by atoms with Gasteiger partial charge in [-0.25, -0.2) is 9.67 Å². The predicted octanol–water partition coefficient (Wildman–Crippen LogP) is 0.740. The van der Waals surface area contributed by atoms with E-state index in [1.165, 1.54) is 0 Å². The molecule has 2 aromatic heterocycles. The van der Waals surface area contributed by atoms with Crippen molar-refractivity contribution in [2.24, 2.45) is 0 Å². The van der Waals surface area contributed by atoms with Crippen molar-refractivity contribution in [1.29, 1.82) is 0 Å². The molecule has 2 rings (SSSR count). The third kappa shape index (κ3) is 1.39. The third-order valence-corrected chi connectivity index (χ3v) is 1.89. The molecule has 5 nitrogen and oxygen atoms in total. The normalized spacial score (nSPS) is 10.4. The topological polar surface area (TPSA) is 82.8 Å². The number of aryl methyl sites for hydroxylation is 1. The summed E-state index contributed by atoms with van der Waals surface area (Å²) >= 11 is 0. The van der Waals surface area contributed by atoms with Crippen LogP contribution in [0.4, 0.5) is 11.5 Å². The van der Waals surface area contributed by atoms with Gasteiger partial charge in [0.05, 0.1) is 11.9 Å². The average Bonchev–Trinajstić information content (AvgIpc) is 2.57. The number of hydrogen-bond acceptors (Lipinski definition) is 4. The maximum absolute atomic E-state index is 5.59. The van der Waals surface area contributed by atoms with Crippen LogP contribution < -0.4 is 11.5 Å². The summed E-state index contributed by atoms with van der Waals surface area (Å²) in [7, 11) is 0. The standard InChI is InChI=1S/C9H11N5/c1-6-4-12-14(5-6)8-3-2-7(10)9(11)13-8/h2-5H,10H2,1H3,(H2,11,13). The first-order valence-corrected chi connectivity index (χ1v) is 4.20. The monoisotopic (exact) mass is 189 g/mol. The van der Waals surface area contributed by atoms with Gasteiger partial charge in [0.1, 0.15) is 5.82 Å². The quantitative estimate of drug-likeness (QED) is 0.693. The van der Waals surface area contributed by atoms with E-state index < -0.39 is 0 Å². The minimum absolute atomic E-state index is 0.329. The first kappa shape index (κ1) is 8.55. The van der Waals surface area contributed by atoms with Crippen molar-refractivity contribution in [3.05, 3.63) is 30.1 Å². The number of aromatic nitrogens is 3. The summed E-state index contributed by atoms with van der Waals surface area (Å²) in [6.07, 6.45) is 3.63. The molecule has 2 heterocycles. The van der Waals surface area contributed by atoms with Gasteiger partial charge >= 0.3 is 0 Å². The van der Waals surface area contributed by atoms with Crippen LogP contribution >= 0.6 is 0 Å². The van der Waals surface area contributed by atoms with Crippen molar-refractivity contribution >= 4 is 11.5 Å². The Morgan fingerprint density at radius 2 is 2.07 bits per heavy atom. The summed E-state index contributed by atoms with van der Waals surface area (Å²) in [5.41, 5.74) is 12.7. The lowest BCUT2D eigenvalue weighted by Gasteiger charge is -2.02. The molecule has 0 aliphatic heterocycles. The molecule has 2 aromatic rings. The molecular formula is C9H11N5. The largest absolute Gasteiger partial charge is 0.396 e. The zero-order valence-electron chi connectivity index (χ0n) is 7.81. The molecule has 0 aromatic carbocycles. The van der Waals surface area contributed by atoms with E-state index in [1.807, 2.05) is 13.1 Å². The molecule has 0 amide bonds. The van der Waals surface area contributed by atoms with E-state index in [0.29, 0.717) is 17.3 Å². The minimum atomic E-state index is 0.329. The first-order chi connectivity index (χ1) is 6.66.